The summed E-state index contributed by atoms with van der Waals surface area (Å²) in [6, 6.07) is 3.75. The smallest absolute Gasteiger partial charge is 0.208 e. The average Bonchev–Trinajstić information content (AvgIpc) is 2.92. The molecule has 0 spiro atoms. The topological polar surface area (TPSA) is 76.3 Å². The van der Waals surface area contributed by atoms with Crippen LogP contribution in [0.2, 0.25) is 0 Å². The lowest BCUT2D eigenvalue weighted by molar-refractivity contribution is -0.0264. The van der Waals surface area contributed by atoms with Gasteiger partial charge in [0.05, 0.1) is 25.5 Å². The van der Waals surface area contributed by atoms with Crippen LogP contribution < -0.4 is 5.32 Å². The van der Waals surface area contributed by atoms with Crippen molar-refractivity contribution in [2.75, 3.05) is 31.6 Å². The Hall–Kier alpha value is -1.99. The van der Waals surface area contributed by atoms with Crippen LogP contribution >= 0.6 is 0 Å². The number of aryl methyl sites for hydroxylation is 1. The Kier molecular flexibility index (Phi) is 4.42. The fourth-order valence-electron chi connectivity index (χ4n) is 2.33. The summed E-state index contributed by atoms with van der Waals surface area (Å²) in [5.74, 6) is 2.37. The number of nitrogens with one attached hydrogen (secondary N) is 1. The van der Waals surface area contributed by atoms with Gasteiger partial charge >= 0.3 is 0 Å². The Labute approximate surface area is 123 Å². The van der Waals surface area contributed by atoms with E-state index in [9.17, 15) is 0 Å². The molecule has 3 heterocycles. The van der Waals surface area contributed by atoms with Crippen LogP contribution in [0.25, 0.3) is 0 Å². The maximum Gasteiger partial charge on any atom is 0.208 e. The van der Waals surface area contributed by atoms with Crippen molar-refractivity contribution in [1.29, 1.82) is 0 Å². The Morgan fingerprint density at radius 3 is 3.19 bits per heavy atom. The maximum absolute atomic E-state index is 5.77. The molecule has 3 rings (SSSR count). The van der Waals surface area contributed by atoms with Crippen LogP contribution in [-0.2, 0) is 11.3 Å². The van der Waals surface area contributed by atoms with Crippen molar-refractivity contribution in [3.63, 3.8) is 0 Å². The molecule has 1 saturated heterocycles. The van der Waals surface area contributed by atoms with Crippen LogP contribution in [0.1, 0.15) is 11.7 Å². The second-order valence-electron chi connectivity index (χ2n) is 5.08. The molecule has 0 bridgehead atoms. The van der Waals surface area contributed by atoms with Crippen LogP contribution in [0.3, 0.4) is 0 Å². The minimum absolute atomic E-state index is 0.122. The fourth-order valence-corrected chi connectivity index (χ4v) is 2.33. The molecule has 1 atom stereocenters. The molecule has 0 aromatic carbocycles. The first-order valence-corrected chi connectivity index (χ1v) is 7.06. The summed E-state index contributed by atoms with van der Waals surface area (Å²) in [5, 5.41) is 11.1. The molecular formula is C14H19N5O2. The fraction of sp³-hybridized carbons (Fsp3) is 0.500. The monoisotopic (exact) mass is 289 g/mol. The molecule has 0 radical (unpaired) electrons. The van der Waals surface area contributed by atoms with Crippen molar-refractivity contribution in [2.45, 2.75) is 19.6 Å². The van der Waals surface area contributed by atoms with E-state index < -0.39 is 0 Å². The van der Waals surface area contributed by atoms with Crippen molar-refractivity contribution in [3.05, 3.63) is 36.2 Å². The first-order valence-electron chi connectivity index (χ1n) is 7.06. The first-order chi connectivity index (χ1) is 10.3. The van der Waals surface area contributed by atoms with Crippen molar-refractivity contribution >= 4 is 5.82 Å². The van der Waals surface area contributed by atoms with Gasteiger partial charge in [-0.1, -0.05) is 0 Å². The lowest BCUT2D eigenvalue weighted by Gasteiger charge is -2.32. The third kappa shape index (κ3) is 3.99. The van der Waals surface area contributed by atoms with Gasteiger partial charge in [0.1, 0.15) is 11.6 Å². The molecule has 2 aromatic heterocycles. The highest BCUT2D eigenvalue weighted by Gasteiger charge is 2.21. The van der Waals surface area contributed by atoms with E-state index in [4.69, 9.17) is 9.15 Å². The zero-order valence-corrected chi connectivity index (χ0v) is 12.0. The summed E-state index contributed by atoms with van der Waals surface area (Å²) in [6.45, 7) is 5.78. The summed E-state index contributed by atoms with van der Waals surface area (Å²) in [4.78, 5) is 6.53. The van der Waals surface area contributed by atoms with Gasteiger partial charge in [-0.15, -0.1) is 5.10 Å². The second-order valence-corrected chi connectivity index (χ2v) is 5.08. The Balaban J connectivity index is 1.49. The summed E-state index contributed by atoms with van der Waals surface area (Å²) in [5.41, 5.74) is 0. The number of rotatable bonds is 5. The summed E-state index contributed by atoms with van der Waals surface area (Å²) in [6.07, 6.45) is 3.53. The van der Waals surface area contributed by atoms with E-state index in [1.165, 1.54) is 0 Å². The third-order valence-corrected chi connectivity index (χ3v) is 3.33. The highest BCUT2D eigenvalue weighted by atomic mass is 16.5. The molecule has 0 aliphatic carbocycles. The van der Waals surface area contributed by atoms with Gasteiger partial charge < -0.3 is 14.5 Å². The third-order valence-electron chi connectivity index (χ3n) is 3.33. The minimum Gasteiger partial charge on any atom is -0.445 e. The number of nitrogens with zero attached hydrogens (tertiary/aromatic N) is 4. The number of hydrogen-bond donors (Lipinski definition) is 1. The molecule has 7 nitrogen and oxygen atoms in total. The molecule has 0 saturated carbocycles. The molecule has 1 fully saturated rings. The summed E-state index contributed by atoms with van der Waals surface area (Å²) in [7, 11) is 0. The van der Waals surface area contributed by atoms with Gasteiger partial charge in [-0.05, 0) is 19.1 Å². The lowest BCUT2D eigenvalue weighted by Crippen LogP contribution is -2.44. The molecule has 1 aliphatic rings. The highest BCUT2D eigenvalue weighted by Crippen LogP contribution is 2.11. The van der Waals surface area contributed by atoms with E-state index in [0.29, 0.717) is 13.2 Å². The number of aromatic nitrogens is 3. The van der Waals surface area contributed by atoms with E-state index >= 15 is 0 Å². The molecule has 2 aromatic rings. The van der Waals surface area contributed by atoms with Gasteiger partial charge in [0.2, 0.25) is 5.89 Å². The first kappa shape index (κ1) is 14.0. The largest absolute Gasteiger partial charge is 0.445 e. The van der Waals surface area contributed by atoms with Gasteiger partial charge in [0.15, 0.2) is 0 Å². The van der Waals surface area contributed by atoms with Gasteiger partial charge in [0.25, 0.3) is 0 Å². The highest BCUT2D eigenvalue weighted by molar-refractivity contribution is 5.31. The van der Waals surface area contributed by atoms with Crippen molar-refractivity contribution in [2.24, 2.45) is 0 Å². The van der Waals surface area contributed by atoms with Crippen LogP contribution in [0.15, 0.2) is 28.9 Å². The van der Waals surface area contributed by atoms with Gasteiger partial charge in [0, 0.05) is 25.8 Å². The standard InChI is InChI=1S/C14H19N5O2/c1-11-7-16-14(21-11)10-19-5-6-20-12(9-19)8-15-13-3-2-4-17-18-13/h2-4,7,12H,5-6,8-10H2,1H3,(H,15,18). The SMILES string of the molecule is Cc1cnc(CN2CCOC(CNc3cccnn3)C2)o1. The average molecular weight is 289 g/mol. The van der Waals surface area contributed by atoms with Crippen LogP contribution in [-0.4, -0.2) is 52.4 Å². The van der Waals surface area contributed by atoms with Crippen LogP contribution in [0, 0.1) is 6.92 Å². The van der Waals surface area contributed by atoms with E-state index in [2.05, 4.69) is 25.4 Å². The van der Waals surface area contributed by atoms with E-state index in [1.807, 2.05) is 19.1 Å². The molecule has 0 amide bonds. The van der Waals surface area contributed by atoms with Gasteiger partial charge in [-0.2, -0.15) is 5.10 Å². The van der Waals surface area contributed by atoms with Crippen LogP contribution in [0.5, 0.6) is 0 Å². The van der Waals surface area contributed by atoms with Crippen LogP contribution in [0.4, 0.5) is 5.82 Å². The second kappa shape index (κ2) is 6.64. The number of hydrogen-bond acceptors (Lipinski definition) is 7. The van der Waals surface area contributed by atoms with Crippen molar-refractivity contribution in [1.82, 2.24) is 20.1 Å². The Morgan fingerprint density at radius 1 is 1.48 bits per heavy atom. The molecule has 1 aliphatic heterocycles. The molecule has 7 heteroatoms. The number of morpholine rings is 1. The predicted octanol–water partition coefficient (Wildman–Crippen LogP) is 1.09. The number of oxazole rings is 1. The summed E-state index contributed by atoms with van der Waals surface area (Å²) < 4.78 is 11.3. The molecule has 1 unspecified atom stereocenters. The van der Waals surface area contributed by atoms with E-state index in [0.717, 1.165) is 37.1 Å². The molecule has 21 heavy (non-hydrogen) atoms. The quantitative estimate of drug-likeness (QED) is 0.882. The number of anilines is 1. The van der Waals surface area contributed by atoms with Crippen molar-refractivity contribution in [3.8, 4) is 0 Å². The maximum atomic E-state index is 5.77. The Bertz CT molecular complexity index is 560. The van der Waals surface area contributed by atoms with E-state index in [-0.39, 0.29) is 6.10 Å². The normalized spacial score (nSPS) is 19.6. The molecular weight excluding hydrogens is 270 g/mol. The Morgan fingerprint density at radius 2 is 2.43 bits per heavy atom. The lowest BCUT2D eigenvalue weighted by atomic mass is 10.2. The predicted molar refractivity (Wildman–Crippen MR) is 76.8 cm³/mol. The zero-order chi connectivity index (χ0) is 14.5. The van der Waals surface area contributed by atoms with E-state index in [1.54, 1.807) is 12.4 Å². The zero-order valence-electron chi connectivity index (χ0n) is 12.0. The van der Waals surface area contributed by atoms with Gasteiger partial charge in [-0.3, -0.25) is 4.90 Å². The van der Waals surface area contributed by atoms with Gasteiger partial charge in [-0.25, -0.2) is 4.98 Å². The minimum atomic E-state index is 0.122. The van der Waals surface area contributed by atoms with Crippen molar-refractivity contribution < 1.29 is 9.15 Å². The number of ether oxygens (including phenoxy) is 1. The molecule has 112 valence electrons. The molecule has 1 N–H and O–H groups in total. The summed E-state index contributed by atoms with van der Waals surface area (Å²) >= 11 is 0.